The number of nitro benzene ring substituents is 1. The zero-order valence-corrected chi connectivity index (χ0v) is 20.4. The van der Waals surface area contributed by atoms with Crippen LogP contribution in [0.2, 0.25) is 0 Å². The molecule has 0 heterocycles. The van der Waals surface area contributed by atoms with Crippen molar-refractivity contribution >= 4 is 27.3 Å². The van der Waals surface area contributed by atoms with Gasteiger partial charge in [0, 0.05) is 25.1 Å². The second-order valence-electron chi connectivity index (χ2n) is 7.92. The highest BCUT2D eigenvalue weighted by Crippen LogP contribution is 2.28. The van der Waals surface area contributed by atoms with Gasteiger partial charge in [-0.1, -0.05) is 25.1 Å². The molecule has 0 saturated heterocycles. The maximum atomic E-state index is 12.6. The Bertz CT molecular complexity index is 1120. The van der Waals surface area contributed by atoms with Crippen LogP contribution in [0.3, 0.4) is 0 Å². The van der Waals surface area contributed by atoms with Crippen molar-refractivity contribution in [2.45, 2.75) is 46.1 Å². The predicted molar refractivity (Wildman–Crippen MR) is 128 cm³/mol. The van der Waals surface area contributed by atoms with E-state index in [1.54, 1.807) is 14.0 Å². The van der Waals surface area contributed by atoms with Gasteiger partial charge in [-0.3, -0.25) is 19.2 Å². The number of anilines is 1. The molecule has 0 aliphatic carbocycles. The molecule has 0 aliphatic rings. The molecule has 0 aromatic heterocycles. The Morgan fingerprint density at radius 2 is 1.88 bits per heavy atom. The Kier molecular flexibility index (Phi) is 8.81. The number of non-ortho nitro benzene ring substituents is 1. The van der Waals surface area contributed by atoms with Crippen LogP contribution >= 0.6 is 0 Å². The number of amides is 1. The minimum Gasteiger partial charge on any atom is -0.496 e. The summed E-state index contributed by atoms with van der Waals surface area (Å²) in [6.07, 6.45) is 2.12. The van der Waals surface area contributed by atoms with Gasteiger partial charge in [0.15, 0.2) is 0 Å². The summed E-state index contributed by atoms with van der Waals surface area (Å²) in [7, 11) is -2.09. The highest BCUT2D eigenvalue weighted by atomic mass is 32.2. The van der Waals surface area contributed by atoms with Gasteiger partial charge in [-0.25, -0.2) is 8.42 Å². The summed E-state index contributed by atoms with van der Waals surface area (Å²) >= 11 is 0. The molecule has 1 atom stereocenters. The highest BCUT2D eigenvalue weighted by molar-refractivity contribution is 7.92. The molecule has 2 rings (SSSR count). The van der Waals surface area contributed by atoms with Gasteiger partial charge in [-0.15, -0.1) is 0 Å². The van der Waals surface area contributed by atoms with E-state index in [0.717, 1.165) is 27.4 Å². The van der Waals surface area contributed by atoms with Crippen molar-refractivity contribution in [3.63, 3.8) is 0 Å². The summed E-state index contributed by atoms with van der Waals surface area (Å²) in [5.74, 6) is 0.580. The van der Waals surface area contributed by atoms with E-state index in [2.05, 4.69) is 5.32 Å². The Hall–Kier alpha value is -3.14. The molecule has 2 aromatic carbocycles. The number of ether oxygens (including phenoxy) is 1. The second kappa shape index (κ2) is 11.1. The van der Waals surface area contributed by atoms with Crippen LogP contribution in [0.15, 0.2) is 36.4 Å². The van der Waals surface area contributed by atoms with Crippen molar-refractivity contribution in [3.05, 3.63) is 63.2 Å². The average molecular weight is 478 g/mol. The Balaban J connectivity index is 2.08. The number of methoxy groups -OCH3 is 1. The number of hydrogen-bond donors (Lipinski definition) is 1. The molecular formula is C23H31N3O6S. The highest BCUT2D eigenvalue weighted by Gasteiger charge is 2.22. The van der Waals surface area contributed by atoms with Crippen LogP contribution in [0.4, 0.5) is 11.4 Å². The van der Waals surface area contributed by atoms with E-state index < -0.39 is 14.9 Å². The minimum atomic E-state index is -3.70. The second-order valence-corrected chi connectivity index (χ2v) is 9.83. The van der Waals surface area contributed by atoms with E-state index in [1.807, 2.05) is 32.0 Å². The first-order valence-corrected chi connectivity index (χ1v) is 12.5. The quantitative estimate of drug-likeness (QED) is 0.385. The minimum absolute atomic E-state index is 0.0344. The van der Waals surface area contributed by atoms with E-state index >= 15 is 0 Å². The van der Waals surface area contributed by atoms with Crippen molar-refractivity contribution in [1.29, 1.82) is 0 Å². The summed E-state index contributed by atoms with van der Waals surface area (Å²) in [6.45, 7) is 5.63. The fourth-order valence-electron chi connectivity index (χ4n) is 3.63. The third-order valence-corrected chi connectivity index (χ3v) is 6.58. The number of sulfonamides is 1. The molecule has 0 spiro atoms. The zero-order valence-electron chi connectivity index (χ0n) is 19.6. The Morgan fingerprint density at radius 1 is 1.18 bits per heavy atom. The van der Waals surface area contributed by atoms with Crippen LogP contribution in [-0.4, -0.2) is 39.2 Å². The number of hydrogen-bond acceptors (Lipinski definition) is 6. The molecule has 0 radical (unpaired) electrons. The van der Waals surface area contributed by atoms with Crippen LogP contribution in [0.5, 0.6) is 5.75 Å². The van der Waals surface area contributed by atoms with Crippen LogP contribution in [0, 0.1) is 24.0 Å². The number of rotatable bonds is 11. The van der Waals surface area contributed by atoms with Gasteiger partial charge in [-0.05, 0) is 49.4 Å². The molecular weight excluding hydrogens is 446 g/mol. The van der Waals surface area contributed by atoms with Gasteiger partial charge in [0.05, 0.1) is 30.0 Å². The van der Waals surface area contributed by atoms with E-state index in [4.69, 9.17) is 4.74 Å². The smallest absolute Gasteiger partial charge is 0.271 e. The molecule has 33 heavy (non-hydrogen) atoms. The maximum Gasteiger partial charge on any atom is 0.271 e. The third kappa shape index (κ3) is 6.92. The van der Waals surface area contributed by atoms with E-state index in [0.29, 0.717) is 12.0 Å². The molecule has 1 amide bonds. The summed E-state index contributed by atoms with van der Waals surface area (Å²) in [5, 5.41) is 14.1. The first-order chi connectivity index (χ1) is 15.5. The van der Waals surface area contributed by atoms with Crippen LogP contribution < -0.4 is 14.4 Å². The number of nitrogens with zero attached hydrogens (tertiary/aromatic N) is 2. The molecule has 0 bridgehead atoms. The fraction of sp³-hybridized carbons (Fsp3) is 0.435. The van der Waals surface area contributed by atoms with Crippen molar-refractivity contribution in [1.82, 2.24) is 5.32 Å². The molecule has 10 heteroatoms. The maximum absolute atomic E-state index is 12.6. The fourth-order valence-corrected chi connectivity index (χ4v) is 4.65. The summed E-state index contributed by atoms with van der Waals surface area (Å²) < 4.78 is 31.2. The molecule has 180 valence electrons. The lowest BCUT2D eigenvalue weighted by atomic mass is 10.0. The van der Waals surface area contributed by atoms with Crippen molar-refractivity contribution in [2.75, 3.05) is 24.2 Å². The first kappa shape index (κ1) is 26.1. The Morgan fingerprint density at radius 3 is 2.42 bits per heavy atom. The zero-order chi connectivity index (χ0) is 24.8. The number of nitrogens with one attached hydrogen (secondary N) is 1. The normalized spacial score (nSPS) is 12.2. The van der Waals surface area contributed by atoms with Gasteiger partial charge >= 0.3 is 0 Å². The monoisotopic (exact) mass is 477 g/mol. The summed E-state index contributed by atoms with van der Waals surface area (Å²) in [6, 6.07) is 9.67. The molecule has 0 fully saturated rings. The number of aryl methyl sites for hydroxylation is 2. The standard InChI is InChI=1S/C23H31N3O6S/c1-6-20(18-10-12-22(32-4)17(3)14-18)24-23(27)8-7-13-25(33(5,30)31)21-15-19(26(28)29)11-9-16(21)2/h9-12,14-15,20H,6-8,13H2,1-5H3,(H,24,27)/t20-/m0/s1. The Labute approximate surface area is 195 Å². The van der Waals surface area contributed by atoms with Crippen LogP contribution in [0.25, 0.3) is 0 Å². The van der Waals surface area contributed by atoms with E-state index in [-0.39, 0.29) is 42.7 Å². The first-order valence-electron chi connectivity index (χ1n) is 10.6. The van der Waals surface area contributed by atoms with Crippen molar-refractivity contribution in [3.8, 4) is 5.75 Å². The molecule has 0 unspecified atom stereocenters. The molecule has 1 N–H and O–H groups in total. The number of carbonyl (C=O) groups is 1. The van der Waals surface area contributed by atoms with Gasteiger partial charge in [-0.2, -0.15) is 0 Å². The number of nitro groups is 1. The van der Waals surface area contributed by atoms with Crippen molar-refractivity contribution in [2.24, 2.45) is 0 Å². The average Bonchev–Trinajstić information content (AvgIpc) is 2.74. The lowest BCUT2D eigenvalue weighted by Gasteiger charge is -2.24. The predicted octanol–water partition coefficient (Wildman–Crippen LogP) is 4.03. The number of benzene rings is 2. The molecule has 0 aliphatic heterocycles. The van der Waals surface area contributed by atoms with Gasteiger partial charge in [0.2, 0.25) is 15.9 Å². The summed E-state index contributed by atoms with van der Waals surface area (Å²) in [5.41, 5.74) is 2.58. The topological polar surface area (TPSA) is 119 Å². The molecule has 9 nitrogen and oxygen atoms in total. The summed E-state index contributed by atoms with van der Waals surface area (Å²) in [4.78, 5) is 23.1. The number of carbonyl (C=O) groups excluding carboxylic acids is 1. The SMILES string of the molecule is CC[C@H](NC(=O)CCCN(c1cc([N+](=O)[O-])ccc1C)S(C)(=O)=O)c1ccc(OC)c(C)c1. The van der Waals surface area contributed by atoms with Gasteiger partial charge < -0.3 is 10.1 Å². The molecule has 0 saturated carbocycles. The van der Waals surface area contributed by atoms with E-state index in [9.17, 15) is 23.3 Å². The van der Waals surface area contributed by atoms with Crippen LogP contribution in [0.1, 0.15) is 48.9 Å². The molecule has 2 aromatic rings. The van der Waals surface area contributed by atoms with Crippen molar-refractivity contribution < 1.29 is 22.9 Å². The van der Waals surface area contributed by atoms with E-state index in [1.165, 1.54) is 18.2 Å². The third-order valence-electron chi connectivity index (χ3n) is 5.40. The van der Waals surface area contributed by atoms with Gasteiger partial charge in [0.1, 0.15) is 5.75 Å². The lowest BCUT2D eigenvalue weighted by Crippen LogP contribution is -2.33. The largest absolute Gasteiger partial charge is 0.496 e. The van der Waals surface area contributed by atoms with Gasteiger partial charge in [0.25, 0.3) is 5.69 Å². The lowest BCUT2D eigenvalue weighted by molar-refractivity contribution is -0.384. The van der Waals surface area contributed by atoms with Crippen LogP contribution in [-0.2, 0) is 14.8 Å².